The summed E-state index contributed by atoms with van der Waals surface area (Å²) >= 11 is -2.54. The third kappa shape index (κ3) is 3.21. The summed E-state index contributed by atoms with van der Waals surface area (Å²) in [5, 5.41) is 12.2. The Morgan fingerprint density at radius 2 is 2.07 bits per heavy atom. The number of pyridine rings is 1. The molecule has 0 radical (unpaired) electrons. The molecule has 0 unspecified atom stereocenters. The predicted octanol–water partition coefficient (Wildman–Crippen LogP) is 3.13. The van der Waals surface area contributed by atoms with Crippen molar-refractivity contribution in [2.24, 2.45) is 0 Å². The van der Waals surface area contributed by atoms with Crippen molar-refractivity contribution in [1.82, 2.24) is 0 Å². The Labute approximate surface area is 95.3 Å². The molecule has 2 nitrogen and oxygen atoms in total. The Balaban J connectivity index is 2.82. The van der Waals surface area contributed by atoms with Crippen LogP contribution in [0, 0.1) is 5.21 Å². The van der Waals surface area contributed by atoms with Crippen molar-refractivity contribution >= 4 is 33.7 Å². The molecular weight excluding hydrogens is 324 g/mol. The molecule has 1 aromatic heterocycles. The summed E-state index contributed by atoms with van der Waals surface area (Å²) < 4.78 is 3.00. The molecule has 0 saturated heterocycles. The molecular formula is C9H14ClNOSSn. The van der Waals surface area contributed by atoms with Gasteiger partial charge in [0, 0.05) is 0 Å². The first-order chi connectivity index (χ1) is 6.61. The average molecular weight is 338 g/mol. The first-order valence-electron chi connectivity index (χ1n) is 4.67. The quantitative estimate of drug-likeness (QED) is 0.479. The van der Waals surface area contributed by atoms with E-state index in [1.54, 1.807) is 15.0 Å². The third-order valence-corrected chi connectivity index (χ3v) is 23.0. The monoisotopic (exact) mass is 339 g/mol. The zero-order valence-corrected chi connectivity index (χ0v) is 12.8. The predicted molar refractivity (Wildman–Crippen MR) is 63.8 cm³/mol. The van der Waals surface area contributed by atoms with Crippen LogP contribution in [0.25, 0.3) is 0 Å². The van der Waals surface area contributed by atoms with Gasteiger partial charge in [0.15, 0.2) is 0 Å². The van der Waals surface area contributed by atoms with Crippen molar-refractivity contribution in [2.75, 3.05) is 0 Å². The molecule has 0 spiro atoms. The normalized spacial score (nSPS) is 11.6. The van der Waals surface area contributed by atoms with Crippen LogP contribution in [0.15, 0.2) is 29.4 Å². The van der Waals surface area contributed by atoms with Gasteiger partial charge in [-0.2, -0.15) is 0 Å². The Morgan fingerprint density at radius 1 is 1.43 bits per heavy atom. The van der Waals surface area contributed by atoms with E-state index < -0.39 is 15.9 Å². The van der Waals surface area contributed by atoms with E-state index >= 15 is 0 Å². The van der Waals surface area contributed by atoms with Crippen LogP contribution in [0.1, 0.15) is 13.8 Å². The van der Waals surface area contributed by atoms with Crippen LogP contribution in [0.3, 0.4) is 0 Å². The minimum absolute atomic E-state index is 0.752. The fourth-order valence-electron chi connectivity index (χ4n) is 1.07. The molecule has 0 aliphatic rings. The number of hydrogen-bond donors (Lipinski definition) is 0. The molecule has 0 fully saturated rings. The zero-order valence-electron chi connectivity index (χ0n) is 8.37. The van der Waals surface area contributed by atoms with E-state index in [0.717, 1.165) is 18.6 Å². The summed E-state index contributed by atoms with van der Waals surface area (Å²) in [5.74, 6) is 0. The minimum atomic E-state index is -2.54. The summed E-state index contributed by atoms with van der Waals surface area (Å²) in [7, 11) is 8.18. The standard InChI is InChI=1S/C5H5NOS.2C2H5.ClH.Sn/c7-6-4-2-1-3-5(6)8;2*1-2;;/h1-4,8H;2*1H2,2H3;1H;/q;;;;+2/p-2. The van der Waals surface area contributed by atoms with E-state index in [9.17, 15) is 5.21 Å². The van der Waals surface area contributed by atoms with Crippen LogP contribution in [0.4, 0.5) is 0 Å². The molecule has 0 aromatic carbocycles. The van der Waals surface area contributed by atoms with Crippen LogP contribution in [0.5, 0.6) is 0 Å². The van der Waals surface area contributed by atoms with Gasteiger partial charge in [-0.25, -0.2) is 0 Å². The fraction of sp³-hybridized carbons (Fsp3) is 0.444. The van der Waals surface area contributed by atoms with Gasteiger partial charge >= 0.3 is 95.8 Å². The SMILES string of the molecule is C[CH2][Sn]([Cl])([CH2]C)[S]c1cccc[n+]1[O-]. The number of rotatable bonds is 4. The van der Waals surface area contributed by atoms with Gasteiger partial charge in [0.25, 0.3) is 0 Å². The Bertz CT molecular complexity index is 307. The van der Waals surface area contributed by atoms with Crippen LogP contribution >= 0.6 is 17.9 Å². The van der Waals surface area contributed by atoms with E-state index in [0.29, 0.717) is 0 Å². The third-order valence-electron chi connectivity index (χ3n) is 2.13. The van der Waals surface area contributed by atoms with E-state index in [-0.39, 0.29) is 0 Å². The van der Waals surface area contributed by atoms with Crippen molar-refractivity contribution in [3.63, 3.8) is 0 Å². The molecule has 5 heteroatoms. The van der Waals surface area contributed by atoms with Gasteiger partial charge in [0.2, 0.25) is 0 Å². The number of halogens is 1. The average Bonchev–Trinajstić information content (AvgIpc) is 2.21. The van der Waals surface area contributed by atoms with Gasteiger partial charge in [-0.05, 0) is 0 Å². The van der Waals surface area contributed by atoms with Crippen molar-refractivity contribution in [2.45, 2.75) is 27.7 Å². The van der Waals surface area contributed by atoms with Crippen LogP contribution in [-0.2, 0) is 0 Å². The molecule has 0 N–H and O–H groups in total. The second-order valence-electron chi connectivity index (χ2n) is 3.06. The topological polar surface area (TPSA) is 26.9 Å². The second-order valence-corrected chi connectivity index (χ2v) is 26.1. The van der Waals surface area contributed by atoms with Gasteiger partial charge in [-0.3, -0.25) is 0 Å². The molecule has 0 atom stereocenters. The molecule has 0 saturated carbocycles. The van der Waals surface area contributed by atoms with Crippen molar-refractivity contribution in [3.8, 4) is 0 Å². The maximum atomic E-state index is 11.4. The Hall–Kier alpha value is 0.389. The Morgan fingerprint density at radius 3 is 2.57 bits per heavy atom. The van der Waals surface area contributed by atoms with Gasteiger partial charge in [0.1, 0.15) is 0 Å². The van der Waals surface area contributed by atoms with E-state index in [2.05, 4.69) is 13.8 Å². The van der Waals surface area contributed by atoms with Gasteiger partial charge in [0.05, 0.1) is 0 Å². The number of hydrogen-bond acceptors (Lipinski definition) is 2. The molecule has 14 heavy (non-hydrogen) atoms. The first kappa shape index (κ1) is 12.5. The fourth-order valence-corrected chi connectivity index (χ4v) is 12.1. The van der Waals surface area contributed by atoms with Crippen LogP contribution in [0.2, 0.25) is 8.87 Å². The van der Waals surface area contributed by atoms with Crippen LogP contribution in [-0.4, -0.2) is 15.9 Å². The van der Waals surface area contributed by atoms with Crippen LogP contribution < -0.4 is 4.73 Å². The van der Waals surface area contributed by atoms with Crippen molar-refractivity contribution < 1.29 is 4.73 Å². The van der Waals surface area contributed by atoms with E-state index in [1.165, 1.54) is 6.20 Å². The second kappa shape index (κ2) is 5.47. The first-order valence-corrected chi connectivity index (χ1v) is 16.6. The summed E-state index contributed by atoms with van der Waals surface area (Å²) in [6.07, 6.45) is 1.52. The molecule has 0 bridgehead atoms. The summed E-state index contributed by atoms with van der Waals surface area (Å²) in [6, 6.07) is 5.46. The molecule has 1 aromatic rings. The van der Waals surface area contributed by atoms with E-state index in [4.69, 9.17) is 8.92 Å². The van der Waals surface area contributed by atoms with Gasteiger partial charge in [-0.15, -0.1) is 0 Å². The molecule has 1 rings (SSSR count). The molecule has 78 valence electrons. The summed E-state index contributed by atoms with van der Waals surface area (Å²) in [5.41, 5.74) is 0. The molecule has 1 heterocycles. The maximum absolute atomic E-state index is 11.4. The van der Waals surface area contributed by atoms with Crippen molar-refractivity contribution in [1.29, 1.82) is 0 Å². The summed E-state index contributed by atoms with van der Waals surface area (Å²) in [4.78, 5) is 0. The number of nitrogens with zero attached hydrogens (tertiary/aromatic N) is 1. The Kier molecular flexibility index (Phi) is 4.86. The van der Waals surface area contributed by atoms with Gasteiger partial charge in [-0.1, -0.05) is 0 Å². The molecule has 0 amide bonds. The number of aromatic nitrogens is 1. The van der Waals surface area contributed by atoms with Gasteiger partial charge < -0.3 is 0 Å². The molecule has 0 aliphatic carbocycles. The summed E-state index contributed by atoms with van der Waals surface area (Å²) in [6.45, 7) is 4.25. The zero-order chi connectivity index (χ0) is 10.6. The van der Waals surface area contributed by atoms with Crippen molar-refractivity contribution in [3.05, 3.63) is 29.6 Å². The molecule has 0 aliphatic heterocycles. The van der Waals surface area contributed by atoms with E-state index in [1.807, 2.05) is 12.1 Å².